The maximum atomic E-state index is 13.6. The number of hydrogen-bond acceptors (Lipinski definition) is 5. The number of rotatable bonds is 6. The van der Waals surface area contributed by atoms with Gasteiger partial charge in [-0.2, -0.15) is 0 Å². The molecule has 0 bridgehead atoms. The summed E-state index contributed by atoms with van der Waals surface area (Å²) >= 11 is 6.10. The minimum Gasteiger partial charge on any atom is -0.353 e. The first-order valence-corrected chi connectivity index (χ1v) is 12.1. The first-order valence-electron chi connectivity index (χ1n) is 11.7. The van der Waals surface area contributed by atoms with Gasteiger partial charge in [-0.05, 0) is 57.4 Å². The molecule has 6 nitrogen and oxygen atoms in total. The highest BCUT2D eigenvalue weighted by atomic mass is 35.5. The Morgan fingerprint density at radius 2 is 1.76 bits per heavy atom. The van der Waals surface area contributed by atoms with Crippen LogP contribution in [-0.4, -0.2) is 71.5 Å². The van der Waals surface area contributed by atoms with Crippen molar-refractivity contribution in [3.63, 3.8) is 0 Å². The number of carbonyl (C=O) groups is 1. The molecule has 1 fully saturated rings. The fourth-order valence-electron chi connectivity index (χ4n) is 4.75. The quantitative estimate of drug-likeness (QED) is 0.539. The van der Waals surface area contributed by atoms with Crippen molar-refractivity contribution in [1.29, 1.82) is 0 Å². The molecule has 0 N–H and O–H groups in total. The number of nitrogens with zero attached hydrogens (tertiary/aromatic N) is 5. The summed E-state index contributed by atoms with van der Waals surface area (Å²) < 4.78 is 0. The van der Waals surface area contributed by atoms with E-state index in [-0.39, 0.29) is 36.6 Å². The van der Waals surface area contributed by atoms with Crippen LogP contribution in [0.5, 0.6) is 0 Å². The molecule has 1 saturated heterocycles. The van der Waals surface area contributed by atoms with Crippen LogP contribution in [0.4, 0.5) is 5.82 Å². The Bertz CT molecular complexity index is 948. The number of halogens is 3. The third kappa shape index (κ3) is 6.14. The number of likely N-dealkylation sites (N-methyl/N-ethyl adjacent to an activating group) is 1. The summed E-state index contributed by atoms with van der Waals surface area (Å²) in [6.07, 6.45) is 3.88. The zero-order chi connectivity index (χ0) is 22.8. The molecule has 0 radical (unpaired) electrons. The maximum Gasteiger partial charge on any atom is 0.231 e. The van der Waals surface area contributed by atoms with Crippen molar-refractivity contribution < 1.29 is 4.79 Å². The molecule has 2 aromatic rings. The minimum atomic E-state index is -0.200. The van der Waals surface area contributed by atoms with E-state index in [1.165, 1.54) is 11.3 Å². The second-order valence-electron chi connectivity index (χ2n) is 9.45. The Morgan fingerprint density at radius 1 is 1.12 bits per heavy atom. The number of hydrogen-bond donors (Lipinski definition) is 0. The van der Waals surface area contributed by atoms with Crippen LogP contribution >= 0.6 is 36.4 Å². The van der Waals surface area contributed by atoms with E-state index in [4.69, 9.17) is 11.6 Å². The molecule has 9 heteroatoms. The van der Waals surface area contributed by atoms with Crippen molar-refractivity contribution in [1.82, 2.24) is 19.8 Å². The third-order valence-corrected chi connectivity index (χ3v) is 7.32. The van der Waals surface area contributed by atoms with E-state index in [2.05, 4.69) is 47.6 Å². The van der Waals surface area contributed by atoms with Crippen LogP contribution in [-0.2, 0) is 11.2 Å². The van der Waals surface area contributed by atoms with Crippen LogP contribution < -0.4 is 4.90 Å². The van der Waals surface area contributed by atoms with Crippen LogP contribution in [0.15, 0.2) is 30.6 Å². The minimum absolute atomic E-state index is 0. The highest BCUT2D eigenvalue weighted by Gasteiger charge is 2.32. The molecule has 2 aliphatic rings. The van der Waals surface area contributed by atoms with Gasteiger partial charge >= 0.3 is 0 Å². The van der Waals surface area contributed by atoms with Crippen molar-refractivity contribution in [2.24, 2.45) is 0 Å². The van der Waals surface area contributed by atoms with Crippen molar-refractivity contribution in [2.75, 3.05) is 44.7 Å². The first-order chi connectivity index (χ1) is 15.3. The monoisotopic (exact) mass is 527 g/mol. The van der Waals surface area contributed by atoms with Gasteiger partial charge in [-0.1, -0.05) is 30.7 Å². The van der Waals surface area contributed by atoms with E-state index in [9.17, 15) is 4.79 Å². The number of anilines is 1. The SMILES string of the molecule is CC1CCc2ncnc(N3CCN(C(=O)C(CN(C)C(C)C)c4ccc(Cl)cc4)CC3)c21.Cl.Cl. The molecular weight excluding hydrogens is 493 g/mol. The van der Waals surface area contributed by atoms with E-state index in [0.717, 1.165) is 37.3 Å². The molecule has 1 aromatic heterocycles. The number of amides is 1. The topological polar surface area (TPSA) is 52.6 Å². The van der Waals surface area contributed by atoms with Crippen molar-refractivity contribution in [2.45, 2.75) is 51.5 Å². The molecule has 4 rings (SSSR count). The second kappa shape index (κ2) is 12.4. The standard InChI is InChI=1S/C25H34ClN5O.2ClH/c1-17(2)29(4)15-21(19-6-8-20(26)9-7-19)25(32)31-13-11-30(12-14-31)24-23-18(3)5-10-22(23)27-16-28-24;;/h6-9,16-18,21H,5,10-15H2,1-4H3;2*1H. The average Bonchev–Trinajstić information content (AvgIpc) is 3.18. The summed E-state index contributed by atoms with van der Waals surface area (Å²) in [5.74, 6) is 1.57. The van der Waals surface area contributed by atoms with E-state index < -0.39 is 0 Å². The fraction of sp³-hybridized carbons (Fsp3) is 0.560. The Balaban J connectivity index is 0.00000204. The Hall–Kier alpha value is -1.60. The number of carbonyl (C=O) groups excluding carboxylic acids is 1. The van der Waals surface area contributed by atoms with Gasteiger partial charge in [-0.3, -0.25) is 4.79 Å². The van der Waals surface area contributed by atoms with E-state index >= 15 is 0 Å². The number of fused-ring (bicyclic) bond motifs is 1. The lowest BCUT2D eigenvalue weighted by Gasteiger charge is -2.38. The zero-order valence-electron chi connectivity index (χ0n) is 20.4. The number of aromatic nitrogens is 2. The first kappa shape index (κ1) is 28.6. The Morgan fingerprint density at radius 3 is 2.38 bits per heavy atom. The normalized spacial score (nSPS) is 18.4. The van der Waals surface area contributed by atoms with Gasteiger partial charge in [0.05, 0.1) is 5.92 Å². The lowest BCUT2D eigenvalue weighted by atomic mass is 9.96. The smallest absolute Gasteiger partial charge is 0.231 e. The molecule has 1 aromatic carbocycles. The molecule has 0 saturated carbocycles. The summed E-state index contributed by atoms with van der Waals surface area (Å²) in [7, 11) is 2.08. The van der Waals surface area contributed by atoms with Gasteiger partial charge in [0.25, 0.3) is 0 Å². The number of piperazine rings is 1. The molecule has 2 atom stereocenters. The van der Waals surface area contributed by atoms with Crippen LogP contribution in [0, 0.1) is 0 Å². The van der Waals surface area contributed by atoms with Crippen LogP contribution in [0.2, 0.25) is 5.02 Å². The van der Waals surface area contributed by atoms with Gasteiger partial charge in [0.2, 0.25) is 5.91 Å². The van der Waals surface area contributed by atoms with E-state index in [0.29, 0.717) is 36.6 Å². The molecule has 34 heavy (non-hydrogen) atoms. The molecule has 2 heterocycles. The Labute approximate surface area is 220 Å². The van der Waals surface area contributed by atoms with Gasteiger partial charge in [0.1, 0.15) is 12.1 Å². The van der Waals surface area contributed by atoms with Crippen molar-refractivity contribution in [3.8, 4) is 0 Å². The molecule has 0 spiro atoms. The molecule has 1 aliphatic carbocycles. The largest absolute Gasteiger partial charge is 0.353 e. The number of benzene rings is 1. The lowest BCUT2D eigenvalue weighted by molar-refractivity contribution is -0.133. The van der Waals surface area contributed by atoms with Gasteiger partial charge in [0, 0.05) is 55.0 Å². The highest BCUT2D eigenvalue weighted by molar-refractivity contribution is 6.30. The fourth-order valence-corrected chi connectivity index (χ4v) is 4.88. The van der Waals surface area contributed by atoms with Crippen molar-refractivity contribution >= 4 is 48.1 Å². The number of aryl methyl sites for hydroxylation is 1. The summed E-state index contributed by atoms with van der Waals surface area (Å²) in [6.45, 7) is 10.3. The zero-order valence-corrected chi connectivity index (χ0v) is 22.8. The van der Waals surface area contributed by atoms with Gasteiger partial charge in [-0.25, -0.2) is 9.97 Å². The Kier molecular flexibility index (Phi) is 10.4. The van der Waals surface area contributed by atoms with E-state index in [1.54, 1.807) is 6.33 Å². The predicted octanol–water partition coefficient (Wildman–Crippen LogP) is 4.80. The van der Waals surface area contributed by atoms with E-state index in [1.807, 2.05) is 29.2 Å². The highest BCUT2D eigenvalue weighted by Crippen LogP contribution is 2.37. The summed E-state index contributed by atoms with van der Waals surface area (Å²) in [5.41, 5.74) is 3.53. The summed E-state index contributed by atoms with van der Waals surface area (Å²) in [4.78, 5) is 29.4. The second-order valence-corrected chi connectivity index (χ2v) is 9.88. The average molecular weight is 529 g/mol. The van der Waals surface area contributed by atoms with Gasteiger partial charge in [0.15, 0.2) is 0 Å². The summed E-state index contributed by atoms with van der Waals surface area (Å²) in [5, 5.41) is 0.692. The van der Waals surface area contributed by atoms with Gasteiger partial charge < -0.3 is 14.7 Å². The lowest BCUT2D eigenvalue weighted by Crippen LogP contribution is -2.51. The maximum absolute atomic E-state index is 13.6. The molecule has 1 aliphatic heterocycles. The molecular formula is C25H36Cl3N5O. The third-order valence-electron chi connectivity index (χ3n) is 7.07. The van der Waals surface area contributed by atoms with Crippen LogP contribution in [0.3, 0.4) is 0 Å². The predicted molar refractivity (Wildman–Crippen MR) is 144 cm³/mol. The summed E-state index contributed by atoms with van der Waals surface area (Å²) in [6, 6.07) is 8.10. The molecule has 188 valence electrons. The molecule has 2 unspecified atom stereocenters. The molecule has 1 amide bonds. The van der Waals surface area contributed by atoms with Gasteiger partial charge in [-0.15, -0.1) is 24.8 Å². The van der Waals surface area contributed by atoms with Crippen molar-refractivity contribution in [3.05, 3.63) is 52.4 Å². The van der Waals surface area contributed by atoms with Crippen LogP contribution in [0.1, 0.15) is 55.8 Å². The van der Waals surface area contributed by atoms with Crippen LogP contribution in [0.25, 0.3) is 0 Å².